The number of thiophene rings is 1. The molecular weight excluding hydrogens is 354 g/mol. The lowest BCUT2D eigenvalue weighted by Crippen LogP contribution is -2.33. The van der Waals surface area contributed by atoms with Gasteiger partial charge in [-0.3, -0.25) is 4.79 Å². The van der Waals surface area contributed by atoms with Crippen molar-refractivity contribution >= 4 is 33.2 Å². The maximum atomic E-state index is 11.3. The Kier molecular flexibility index (Phi) is 5.78. The van der Waals surface area contributed by atoms with E-state index in [1.807, 2.05) is 35.7 Å². The van der Waals surface area contributed by atoms with Crippen molar-refractivity contribution in [1.29, 1.82) is 0 Å². The van der Waals surface area contributed by atoms with E-state index >= 15 is 0 Å². The molecule has 21 heavy (non-hydrogen) atoms. The number of halogens is 1. The Hall–Kier alpha value is -1.37. The van der Waals surface area contributed by atoms with E-state index in [9.17, 15) is 4.79 Å². The number of rotatable bonds is 6. The molecule has 4 nitrogen and oxygen atoms in total. The number of esters is 1. The van der Waals surface area contributed by atoms with Crippen LogP contribution in [0.15, 0.2) is 40.2 Å². The van der Waals surface area contributed by atoms with Crippen molar-refractivity contribution in [3.8, 4) is 5.75 Å². The predicted octanol–water partition coefficient (Wildman–Crippen LogP) is 3.13. The van der Waals surface area contributed by atoms with Crippen LogP contribution < -0.4 is 10.5 Å². The Morgan fingerprint density at radius 3 is 2.62 bits per heavy atom. The summed E-state index contributed by atoms with van der Waals surface area (Å²) in [6.07, 6.45) is 0.448. The number of methoxy groups -OCH3 is 1. The van der Waals surface area contributed by atoms with E-state index in [-0.39, 0.29) is 0 Å². The van der Waals surface area contributed by atoms with Crippen molar-refractivity contribution in [3.63, 3.8) is 0 Å². The van der Waals surface area contributed by atoms with Gasteiger partial charge >= 0.3 is 5.97 Å². The molecule has 1 aromatic carbocycles. The van der Waals surface area contributed by atoms with Crippen molar-refractivity contribution in [2.24, 2.45) is 5.73 Å². The molecule has 0 radical (unpaired) electrons. The maximum Gasteiger partial charge on any atom is 0.322 e. The van der Waals surface area contributed by atoms with Crippen molar-refractivity contribution in [1.82, 2.24) is 0 Å². The smallest absolute Gasteiger partial charge is 0.322 e. The highest BCUT2D eigenvalue weighted by atomic mass is 79.9. The van der Waals surface area contributed by atoms with Gasteiger partial charge in [0.1, 0.15) is 18.4 Å². The van der Waals surface area contributed by atoms with E-state index in [4.69, 9.17) is 10.5 Å². The second kappa shape index (κ2) is 7.59. The number of nitrogens with two attached hydrogens (primary N) is 1. The van der Waals surface area contributed by atoms with Crippen molar-refractivity contribution in [2.75, 3.05) is 7.11 Å². The molecule has 1 unspecified atom stereocenters. The highest BCUT2D eigenvalue weighted by molar-refractivity contribution is 9.10. The summed E-state index contributed by atoms with van der Waals surface area (Å²) < 4.78 is 11.4. The second-order valence-corrected chi connectivity index (χ2v) is 6.31. The molecule has 0 aliphatic carbocycles. The summed E-state index contributed by atoms with van der Waals surface area (Å²) in [5.41, 5.74) is 6.70. The number of hydrogen-bond donors (Lipinski definition) is 1. The van der Waals surface area contributed by atoms with Crippen LogP contribution in [0, 0.1) is 0 Å². The van der Waals surface area contributed by atoms with Crippen LogP contribution in [-0.4, -0.2) is 19.1 Å². The lowest BCUT2D eigenvalue weighted by Gasteiger charge is -2.10. The highest BCUT2D eigenvalue weighted by Gasteiger charge is 2.14. The number of hydrogen-bond acceptors (Lipinski definition) is 5. The van der Waals surface area contributed by atoms with E-state index in [0.717, 1.165) is 20.7 Å². The van der Waals surface area contributed by atoms with E-state index < -0.39 is 12.0 Å². The van der Waals surface area contributed by atoms with E-state index in [0.29, 0.717) is 13.0 Å². The van der Waals surface area contributed by atoms with Gasteiger partial charge in [0.05, 0.1) is 12.0 Å². The van der Waals surface area contributed by atoms with E-state index in [1.165, 1.54) is 7.11 Å². The van der Waals surface area contributed by atoms with Gasteiger partial charge in [-0.25, -0.2) is 0 Å². The van der Waals surface area contributed by atoms with Crippen LogP contribution in [0.3, 0.4) is 0 Å². The van der Waals surface area contributed by atoms with E-state index in [2.05, 4.69) is 20.7 Å². The van der Waals surface area contributed by atoms with Crippen molar-refractivity contribution in [2.45, 2.75) is 19.1 Å². The van der Waals surface area contributed by atoms with Gasteiger partial charge in [-0.15, -0.1) is 11.3 Å². The molecule has 2 aromatic rings. The summed E-state index contributed by atoms with van der Waals surface area (Å²) in [7, 11) is 1.34. The van der Waals surface area contributed by atoms with Crippen LogP contribution >= 0.6 is 27.3 Å². The monoisotopic (exact) mass is 369 g/mol. The first kappa shape index (κ1) is 16.0. The third-order valence-corrected chi connectivity index (χ3v) is 4.84. The van der Waals surface area contributed by atoms with Crippen LogP contribution in [0.5, 0.6) is 5.75 Å². The summed E-state index contributed by atoms with van der Waals surface area (Å²) in [6.45, 7) is 0.527. The van der Waals surface area contributed by atoms with Crippen LogP contribution in [0.4, 0.5) is 0 Å². The fraction of sp³-hybridized carbons (Fsp3) is 0.267. The van der Waals surface area contributed by atoms with Gasteiger partial charge in [-0.05, 0) is 51.5 Å². The highest BCUT2D eigenvalue weighted by Crippen LogP contribution is 2.24. The number of carbonyl (C=O) groups is 1. The zero-order chi connectivity index (χ0) is 15.2. The Morgan fingerprint density at radius 2 is 2.05 bits per heavy atom. The lowest BCUT2D eigenvalue weighted by atomic mass is 10.1. The molecule has 112 valence electrons. The van der Waals surface area contributed by atoms with Gasteiger partial charge < -0.3 is 15.2 Å². The minimum Gasteiger partial charge on any atom is -0.488 e. The second-order valence-electron chi connectivity index (χ2n) is 4.46. The first-order chi connectivity index (χ1) is 10.1. The van der Waals surface area contributed by atoms with Crippen LogP contribution in [0.1, 0.15) is 10.4 Å². The molecule has 0 saturated carbocycles. The van der Waals surface area contributed by atoms with Gasteiger partial charge in [-0.2, -0.15) is 0 Å². The molecular formula is C15H16BrNO3S. The Balaban J connectivity index is 1.90. The minimum atomic E-state index is -0.635. The quantitative estimate of drug-likeness (QED) is 0.794. The standard InChI is InChI=1S/C15H16BrNO3S/c1-19-15(18)13(17)8-10-2-4-11(5-3-10)20-9-14-12(16)6-7-21-14/h2-7,13H,8-9,17H2,1H3. The number of benzene rings is 1. The molecule has 0 spiro atoms. The molecule has 0 bridgehead atoms. The molecule has 0 fully saturated rings. The Bertz CT molecular complexity index is 597. The predicted molar refractivity (Wildman–Crippen MR) is 86.5 cm³/mol. The van der Waals surface area contributed by atoms with Crippen molar-refractivity contribution < 1.29 is 14.3 Å². The number of ether oxygens (including phenoxy) is 2. The summed E-state index contributed by atoms with van der Waals surface area (Å²) in [4.78, 5) is 12.4. The molecule has 1 atom stereocenters. The third-order valence-electron chi connectivity index (χ3n) is 2.94. The van der Waals surface area contributed by atoms with Gasteiger partial charge in [-0.1, -0.05) is 12.1 Å². The Labute approximate surface area is 136 Å². The molecule has 0 amide bonds. The van der Waals surface area contributed by atoms with Crippen molar-refractivity contribution in [3.05, 3.63) is 50.6 Å². The molecule has 1 aromatic heterocycles. The average molecular weight is 370 g/mol. The fourth-order valence-corrected chi connectivity index (χ4v) is 3.17. The van der Waals surface area contributed by atoms with Gasteiger partial charge in [0.2, 0.25) is 0 Å². The molecule has 0 saturated heterocycles. The third kappa shape index (κ3) is 4.56. The maximum absolute atomic E-state index is 11.3. The SMILES string of the molecule is COC(=O)C(N)Cc1ccc(OCc2sccc2Br)cc1. The summed E-state index contributed by atoms with van der Waals surface area (Å²) >= 11 is 5.12. The zero-order valence-corrected chi connectivity index (χ0v) is 13.9. The van der Waals surface area contributed by atoms with Crippen LogP contribution in [0.25, 0.3) is 0 Å². The fourth-order valence-electron chi connectivity index (χ4n) is 1.79. The van der Waals surface area contributed by atoms with Crippen LogP contribution in [-0.2, 0) is 22.6 Å². The lowest BCUT2D eigenvalue weighted by molar-refractivity contribution is -0.142. The molecule has 2 rings (SSSR count). The zero-order valence-electron chi connectivity index (χ0n) is 11.5. The molecule has 6 heteroatoms. The van der Waals surface area contributed by atoms with E-state index in [1.54, 1.807) is 11.3 Å². The summed E-state index contributed by atoms with van der Waals surface area (Å²) in [5, 5.41) is 2.01. The average Bonchev–Trinajstić information content (AvgIpc) is 2.91. The normalized spacial score (nSPS) is 12.0. The summed E-state index contributed by atoms with van der Waals surface area (Å²) in [6, 6.07) is 8.93. The Morgan fingerprint density at radius 1 is 1.33 bits per heavy atom. The first-order valence-corrected chi connectivity index (χ1v) is 8.04. The molecule has 1 heterocycles. The topological polar surface area (TPSA) is 61.5 Å². The summed E-state index contributed by atoms with van der Waals surface area (Å²) in [5.74, 6) is 0.378. The van der Waals surface area contributed by atoms with Crippen LogP contribution in [0.2, 0.25) is 0 Å². The van der Waals surface area contributed by atoms with Gasteiger partial charge in [0.15, 0.2) is 0 Å². The van der Waals surface area contributed by atoms with Gasteiger partial charge in [0.25, 0.3) is 0 Å². The minimum absolute atomic E-state index is 0.405. The largest absolute Gasteiger partial charge is 0.488 e. The van der Waals surface area contributed by atoms with Gasteiger partial charge in [0, 0.05) is 4.47 Å². The molecule has 0 aliphatic rings. The first-order valence-electron chi connectivity index (χ1n) is 6.37. The number of carbonyl (C=O) groups excluding carboxylic acids is 1. The molecule has 0 aliphatic heterocycles. The molecule has 2 N–H and O–H groups in total.